The summed E-state index contributed by atoms with van der Waals surface area (Å²) in [6.07, 6.45) is 5.45. The van der Waals surface area contributed by atoms with Crippen molar-refractivity contribution in [3.8, 4) is 0 Å². The first-order chi connectivity index (χ1) is 9.28. The van der Waals surface area contributed by atoms with Crippen LogP contribution in [0.25, 0.3) is 6.08 Å². The quantitative estimate of drug-likeness (QED) is 0.670. The molecule has 0 aliphatic heterocycles. The summed E-state index contributed by atoms with van der Waals surface area (Å²) in [4.78, 5) is 13.9. The van der Waals surface area contributed by atoms with Gasteiger partial charge in [0.15, 0.2) is 0 Å². The van der Waals surface area contributed by atoms with E-state index in [9.17, 15) is 4.79 Å². The van der Waals surface area contributed by atoms with Crippen molar-refractivity contribution in [1.82, 2.24) is 5.32 Å². The molecule has 1 amide bonds. The topological polar surface area (TPSA) is 29.1 Å². The molecule has 0 radical (unpaired) electrons. The van der Waals surface area contributed by atoms with Crippen molar-refractivity contribution in [2.75, 3.05) is 6.26 Å². The second kappa shape index (κ2) is 7.16. The van der Waals surface area contributed by atoms with Crippen LogP contribution >= 0.6 is 23.1 Å². The molecule has 1 aromatic carbocycles. The highest BCUT2D eigenvalue weighted by Crippen LogP contribution is 2.14. The first-order valence-electron chi connectivity index (χ1n) is 5.90. The molecule has 0 bridgehead atoms. The highest BCUT2D eigenvalue weighted by atomic mass is 32.2. The van der Waals surface area contributed by atoms with Gasteiger partial charge < -0.3 is 5.32 Å². The maximum atomic E-state index is 11.6. The lowest BCUT2D eigenvalue weighted by atomic mass is 10.2. The summed E-state index contributed by atoms with van der Waals surface area (Å²) in [6, 6.07) is 12.1. The molecule has 0 aliphatic rings. The fraction of sp³-hybridized carbons (Fsp3) is 0.133. The average Bonchev–Trinajstić information content (AvgIpc) is 2.96. The minimum absolute atomic E-state index is 0.0673. The van der Waals surface area contributed by atoms with Crippen molar-refractivity contribution < 1.29 is 4.79 Å². The molecule has 0 aliphatic carbocycles. The fourth-order valence-corrected chi connectivity index (χ4v) is 2.56. The molecular weight excluding hydrogens is 274 g/mol. The monoisotopic (exact) mass is 289 g/mol. The lowest BCUT2D eigenvalue weighted by Gasteiger charge is -2.03. The van der Waals surface area contributed by atoms with E-state index in [-0.39, 0.29) is 5.91 Å². The summed E-state index contributed by atoms with van der Waals surface area (Å²) in [5, 5.41) is 4.86. The van der Waals surface area contributed by atoms with Crippen LogP contribution in [0.3, 0.4) is 0 Å². The van der Waals surface area contributed by atoms with E-state index in [4.69, 9.17) is 0 Å². The first kappa shape index (κ1) is 13.9. The Morgan fingerprint density at radius 1 is 1.32 bits per heavy atom. The third kappa shape index (κ3) is 4.58. The molecule has 98 valence electrons. The molecule has 1 aromatic heterocycles. The van der Waals surface area contributed by atoms with E-state index in [1.54, 1.807) is 29.2 Å². The second-order valence-electron chi connectivity index (χ2n) is 3.91. The van der Waals surface area contributed by atoms with E-state index >= 15 is 0 Å². The van der Waals surface area contributed by atoms with Gasteiger partial charge in [0.25, 0.3) is 0 Å². The molecule has 1 heterocycles. The Balaban J connectivity index is 1.82. The number of thioether (sulfide) groups is 1. The van der Waals surface area contributed by atoms with E-state index in [0.717, 1.165) is 10.4 Å². The molecule has 19 heavy (non-hydrogen) atoms. The number of hydrogen-bond acceptors (Lipinski definition) is 3. The van der Waals surface area contributed by atoms with Crippen molar-refractivity contribution in [2.45, 2.75) is 11.4 Å². The molecule has 0 saturated heterocycles. The normalized spacial score (nSPS) is 10.8. The first-order valence-corrected chi connectivity index (χ1v) is 8.01. The number of carbonyl (C=O) groups is 1. The van der Waals surface area contributed by atoms with E-state index in [1.165, 1.54) is 4.90 Å². The summed E-state index contributed by atoms with van der Waals surface area (Å²) < 4.78 is 0. The molecule has 0 spiro atoms. The Bertz CT molecular complexity index is 544. The number of rotatable bonds is 5. The van der Waals surface area contributed by atoms with Gasteiger partial charge in [0, 0.05) is 22.4 Å². The van der Waals surface area contributed by atoms with Crippen LogP contribution in [0.15, 0.2) is 52.7 Å². The van der Waals surface area contributed by atoms with Gasteiger partial charge >= 0.3 is 0 Å². The SMILES string of the molecule is CSc1ccc(CNC(=O)/C=C/c2cccs2)cc1. The van der Waals surface area contributed by atoms with Crippen LogP contribution in [0.4, 0.5) is 0 Å². The minimum atomic E-state index is -0.0673. The van der Waals surface area contributed by atoms with E-state index in [0.29, 0.717) is 6.54 Å². The average molecular weight is 289 g/mol. The van der Waals surface area contributed by atoms with Gasteiger partial charge in [0.1, 0.15) is 0 Å². The van der Waals surface area contributed by atoms with Crippen molar-refractivity contribution in [3.05, 3.63) is 58.3 Å². The number of thiophene rings is 1. The Morgan fingerprint density at radius 2 is 2.11 bits per heavy atom. The van der Waals surface area contributed by atoms with Crippen molar-refractivity contribution in [2.24, 2.45) is 0 Å². The Hall–Kier alpha value is -1.52. The van der Waals surface area contributed by atoms with Crippen molar-refractivity contribution >= 4 is 35.1 Å². The Labute approximate surface area is 121 Å². The van der Waals surface area contributed by atoms with Crippen LogP contribution < -0.4 is 5.32 Å². The number of benzene rings is 1. The van der Waals surface area contributed by atoms with Gasteiger partial charge in [0.05, 0.1) is 0 Å². The molecule has 0 unspecified atom stereocenters. The Morgan fingerprint density at radius 3 is 2.74 bits per heavy atom. The van der Waals surface area contributed by atoms with E-state index in [2.05, 4.69) is 17.4 Å². The van der Waals surface area contributed by atoms with E-state index < -0.39 is 0 Å². The van der Waals surface area contributed by atoms with Crippen LogP contribution in [-0.4, -0.2) is 12.2 Å². The molecule has 2 aromatic rings. The second-order valence-corrected chi connectivity index (χ2v) is 5.77. The number of nitrogens with one attached hydrogen (secondary N) is 1. The molecule has 0 saturated carbocycles. The molecular formula is C15H15NOS2. The minimum Gasteiger partial charge on any atom is -0.348 e. The van der Waals surface area contributed by atoms with Gasteiger partial charge in [-0.1, -0.05) is 18.2 Å². The zero-order chi connectivity index (χ0) is 13.5. The van der Waals surface area contributed by atoms with Crippen molar-refractivity contribution in [1.29, 1.82) is 0 Å². The molecule has 2 nitrogen and oxygen atoms in total. The molecule has 2 rings (SSSR count). The summed E-state index contributed by atoms with van der Waals surface area (Å²) in [5.41, 5.74) is 1.11. The van der Waals surface area contributed by atoms with Gasteiger partial charge in [-0.3, -0.25) is 4.79 Å². The standard InChI is InChI=1S/C15H15NOS2/c1-18-13-6-4-12(5-7-13)11-16-15(17)9-8-14-3-2-10-19-14/h2-10H,11H2,1H3,(H,16,17)/b9-8+. The third-order valence-corrected chi connectivity index (χ3v) is 4.15. The summed E-state index contributed by atoms with van der Waals surface area (Å²) >= 11 is 3.33. The molecule has 0 fully saturated rings. The summed E-state index contributed by atoms with van der Waals surface area (Å²) in [5.74, 6) is -0.0673. The molecule has 1 N–H and O–H groups in total. The van der Waals surface area contributed by atoms with Crippen LogP contribution in [0.1, 0.15) is 10.4 Å². The number of amides is 1. The zero-order valence-corrected chi connectivity index (χ0v) is 12.3. The van der Waals surface area contributed by atoms with Crippen LogP contribution in [-0.2, 0) is 11.3 Å². The number of carbonyl (C=O) groups excluding carboxylic acids is 1. The third-order valence-electron chi connectivity index (χ3n) is 2.57. The summed E-state index contributed by atoms with van der Waals surface area (Å²) in [7, 11) is 0. The highest BCUT2D eigenvalue weighted by Gasteiger charge is 1.97. The Kier molecular flexibility index (Phi) is 5.24. The number of hydrogen-bond donors (Lipinski definition) is 1. The van der Waals surface area contributed by atoms with Crippen LogP contribution in [0.2, 0.25) is 0 Å². The lowest BCUT2D eigenvalue weighted by Crippen LogP contribution is -2.20. The predicted octanol–water partition coefficient (Wildman–Crippen LogP) is 3.80. The lowest BCUT2D eigenvalue weighted by molar-refractivity contribution is -0.116. The predicted molar refractivity (Wildman–Crippen MR) is 83.4 cm³/mol. The largest absolute Gasteiger partial charge is 0.348 e. The van der Waals surface area contributed by atoms with Gasteiger partial charge in [-0.15, -0.1) is 23.1 Å². The smallest absolute Gasteiger partial charge is 0.244 e. The maximum Gasteiger partial charge on any atom is 0.244 e. The van der Waals surface area contributed by atoms with Gasteiger partial charge in [-0.2, -0.15) is 0 Å². The van der Waals surface area contributed by atoms with Gasteiger partial charge in [-0.25, -0.2) is 0 Å². The van der Waals surface area contributed by atoms with Crippen LogP contribution in [0.5, 0.6) is 0 Å². The van der Waals surface area contributed by atoms with Crippen LogP contribution in [0, 0.1) is 0 Å². The summed E-state index contributed by atoms with van der Waals surface area (Å²) in [6.45, 7) is 0.558. The molecule has 4 heteroatoms. The molecule has 0 atom stereocenters. The maximum absolute atomic E-state index is 11.6. The zero-order valence-electron chi connectivity index (χ0n) is 10.6. The highest BCUT2D eigenvalue weighted by molar-refractivity contribution is 7.98. The van der Waals surface area contributed by atoms with E-state index in [1.807, 2.05) is 42.0 Å². The van der Waals surface area contributed by atoms with Gasteiger partial charge in [-0.05, 0) is 41.5 Å². The van der Waals surface area contributed by atoms with Crippen molar-refractivity contribution in [3.63, 3.8) is 0 Å². The van der Waals surface area contributed by atoms with Gasteiger partial charge in [0.2, 0.25) is 5.91 Å². The fourth-order valence-electron chi connectivity index (χ4n) is 1.54.